The molecule has 0 bridgehead atoms. The largest absolute Gasteiger partial charge is 0.417 e. The second-order valence-corrected chi connectivity index (χ2v) is 3.81. The van der Waals surface area contributed by atoms with E-state index in [-0.39, 0.29) is 5.82 Å². The Bertz CT molecular complexity index is 662. The summed E-state index contributed by atoms with van der Waals surface area (Å²) >= 11 is 0. The van der Waals surface area contributed by atoms with Crippen LogP contribution in [-0.4, -0.2) is 15.6 Å². The van der Waals surface area contributed by atoms with Crippen molar-refractivity contribution in [1.29, 1.82) is 0 Å². The normalized spacial score (nSPS) is 11.3. The first-order valence-corrected chi connectivity index (χ1v) is 5.34. The summed E-state index contributed by atoms with van der Waals surface area (Å²) in [5.41, 5.74) is -1.72. The number of pyridine rings is 1. The highest BCUT2D eigenvalue weighted by molar-refractivity contribution is 5.89. The van der Waals surface area contributed by atoms with Crippen molar-refractivity contribution in [3.63, 3.8) is 0 Å². The molecule has 0 saturated heterocycles. The zero-order valence-corrected chi connectivity index (χ0v) is 9.85. The van der Waals surface area contributed by atoms with Crippen molar-refractivity contribution in [2.45, 2.75) is 12.7 Å². The van der Waals surface area contributed by atoms with E-state index in [2.05, 4.69) is 15.0 Å². The SMILES string of the molecule is O=C(Cn1cc(C(F)(F)F)ccc1=O)Nc1ccon1. The molecule has 1 amide bonds. The number of amides is 1. The minimum atomic E-state index is -4.59. The van der Waals surface area contributed by atoms with Gasteiger partial charge in [0.1, 0.15) is 12.8 Å². The van der Waals surface area contributed by atoms with Gasteiger partial charge in [0.05, 0.1) is 5.56 Å². The minimum Gasteiger partial charge on any atom is -0.363 e. The summed E-state index contributed by atoms with van der Waals surface area (Å²) in [4.78, 5) is 23.0. The Morgan fingerprint density at radius 2 is 2.10 bits per heavy atom. The second kappa shape index (κ2) is 5.19. The average Bonchev–Trinajstić information content (AvgIpc) is 2.83. The zero-order valence-electron chi connectivity index (χ0n) is 9.85. The van der Waals surface area contributed by atoms with Gasteiger partial charge in [-0.05, 0) is 6.07 Å². The molecule has 0 aliphatic rings. The molecule has 0 unspecified atom stereocenters. The van der Waals surface area contributed by atoms with E-state index < -0.39 is 29.8 Å². The molecule has 1 N–H and O–H groups in total. The van der Waals surface area contributed by atoms with Crippen LogP contribution < -0.4 is 10.9 Å². The number of carbonyl (C=O) groups is 1. The Labute approximate surface area is 109 Å². The summed E-state index contributed by atoms with van der Waals surface area (Å²) < 4.78 is 42.6. The topological polar surface area (TPSA) is 77.1 Å². The number of aromatic nitrogens is 2. The molecule has 106 valence electrons. The molecule has 0 spiro atoms. The van der Waals surface area contributed by atoms with E-state index in [9.17, 15) is 22.8 Å². The van der Waals surface area contributed by atoms with Crippen molar-refractivity contribution in [2.75, 3.05) is 5.32 Å². The van der Waals surface area contributed by atoms with Gasteiger partial charge in [0.2, 0.25) is 5.91 Å². The van der Waals surface area contributed by atoms with Crippen LogP contribution >= 0.6 is 0 Å². The molecular formula is C11H8F3N3O3. The summed E-state index contributed by atoms with van der Waals surface area (Å²) in [6, 6.07) is 2.77. The molecule has 2 aromatic heterocycles. The van der Waals surface area contributed by atoms with E-state index in [1.54, 1.807) is 0 Å². The lowest BCUT2D eigenvalue weighted by molar-refractivity contribution is -0.138. The highest BCUT2D eigenvalue weighted by atomic mass is 19.4. The van der Waals surface area contributed by atoms with Crippen molar-refractivity contribution in [3.8, 4) is 0 Å². The number of anilines is 1. The minimum absolute atomic E-state index is 0.107. The standard InChI is InChI=1S/C11H8F3N3O3/c12-11(13,14)7-1-2-10(19)17(5-7)6-9(18)15-8-3-4-20-16-8/h1-5H,6H2,(H,15,16,18). The van der Waals surface area contributed by atoms with Gasteiger partial charge in [0.15, 0.2) is 5.82 Å². The molecule has 0 fully saturated rings. The Morgan fingerprint density at radius 1 is 1.35 bits per heavy atom. The van der Waals surface area contributed by atoms with E-state index in [4.69, 9.17) is 0 Å². The fourth-order valence-electron chi connectivity index (χ4n) is 1.44. The fraction of sp³-hybridized carbons (Fsp3) is 0.182. The van der Waals surface area contributed by atoms with Gasteiger partial charge in [-0.1, -0.05) is 5.16 Å². The molecule has 0 aliphatic heterocycles. The van der Waals surface area contributed by atoms with E-state index in [1.807, 2.05) is 0 Å². The number of rotatable bonds is 3. The van der Waals surface area contributed by atoms with Crippen molar-refractivity contribution in [2.24, 2.45) is 0 Å². The smallest absolute Gasteiger partial charge is 0.363 e. The zero-order chi connectivity index (χ0) is 14.8. The monoisotopic (exact) mass is 287 g/mol. The van der Waals surface area contributed by atoms with Gasteiger partial charge < -0.3 is 14.4 Å². The summed E-state index contributed by atoms with van der Waals surface area (Å²) in [6.45, 7) is -0.560. The van der Waals surface area contributed by atoms with E-state index in [0.29, 0.717) is 16.8 Å². The predicted octanol–water partition coefficient (Wildman–Crippen LogP) is 1.49. The van der Waals surface area contributed by atoms with Gasteiger partial charge in [-0.25, -0.2) is 0 Å². The van der Waals surface area contributed by atoms with Gasteiger partial charge in [-0.2, -0.15) is 13.2 Å². The lowest BCUT2D eigenvalue weighted by atomic mass is 10.3. The molecule has 0 atom stereocenters. The maximum atomic E-state index is 12.5. The summed E-state index contributed by atoms with van der Waals surface area (Å²) in [6.07, 6.45) is -2.78. The molecular weight excluding hydrogens is 279 g/mol. The van der Waals surface area contributed by atoms with Crippen LogP contribution in [0.2, 0.25) is 0 Å². The highest BCUT2D eigenvalue weighted by Crippen LogP contribution is 2.27. The number of hydrogen-bond acceptors (Lipinski definition) is 4. The van der Waals surface area contributed by atoms with Crippen LogP contribution in [0.5, 0.6) is 0 Å². The molecule has 6 nitrogen and oxygen atoms in total. The predicted molar refractivity (Wildman–Crippen MR) is 60.8 cm³/mol. The number of nitrogens with zero attached hydrogens (tertiary/aromatic N) is 2. The average molecular weight is 287 g/mol. The highest BCUT2D eigenvalue weighted by Gasteiger charge is 2.31. The van der Waals surface area contributed by atoms with Crippen molar-refractivity contribution < 1.29 is 22.5 Å². The fourth-order valence-corrected chi connectivity index (χ4v) is 1.44. The maximum Gasteiger partial charge on any atom is 0.417 e. The lowest BCUT2D eigenvalue weighted by Crippen LogP contribution is -2.28. The second-order valence-electron chi connectivity index (χ2n) is 3.81. The number of nitrogens with one attached hydrogen (secondary N) is 1. The van der Waals surface area contributed by atoms with Crippen LogP contribution in [0.25, 0.3) is 0 Å². The number of carbonyl (C=O) groups excluding carboxylic acids is 1. The van der Waals surface area contributed by atoms with Crippen LogP contribution in [0, 0.1) is 0 Å². The van der Waals surface area contributed by atoms with Gasteiger partial charge >= 0.3 is 6.18 Å². The third-order valence-corrected chi connectivity index (χ3v) is 2.33. The van der Waals surface area contributed by atoms with Crippen LogP contribution in [0.4, 0.5) is 19.0 Å². The molecule has 0 saturated carbocycles. The molecule has 9 heteroatoms. The lowest BCUT2D eigenvalue weighted by Gasteiger charge is -2.10. The Morgan fingerprint density at radius 3 is 2.70 bits per heavy atom. The Hall–Kier alpha value is -2.58. The summed E-state index contributed by atoms with van der Waals surface area (Å²) in [5.74, 6) is -0.588. The first-order valence-electron chi connectivity index (χ1n) is 5.34. The third-order valence-electron chi connectivity index (χ3n) is 2.33. The molecule has 0 aromatic carbocycles. The van der Waals surface area contributed by atoms with Gasteiger partial charge in [0, 0.05) is 18.3 Å². The number of halogens is 3. The van der Waals surface area contributed by atoms with Crippen LogP contribution in [0.15, 0.2) is 40.0 Å². The van der Waals surface area contributed by atoms with Crippen LogP contribution in [0.1, 0.15) is 5.56 Å². The van der Waals surface area contributed by atoms with E-state index in [0.717, 1.165) is 6.07 Å². The van der Waals surface area contributed by atoms with Crippen molar-refractivity contribution in [1.82, 2.24) is 9.72 Å². The number of hydrogen-bond donors (Lipinski definition) is 1. The maximum absolute atomic E-state index is 12.5. The Kier molecular flexibility index (Phi) is 3.59. The summed E-state index contributed by atoms with van der Waals surface area (Å²) in [5, 5.41) is 5.67. The third kappa shape index (κ3) is 3.25. The molecule has 2 rings (SSSR count). The van der Waals surface area contributed by atoms with E-state index in [1.165, 1.54) is 12.3 Å². The first-order chi connectivity index (χ1) is 9.36. The van der Waals surface area contributed by atoms with Crippen LogP contribution in [-0.2, 0) is 17.5 Å². The molecule has 0 radical (unpaired) electrons. The molecule has 20 heavy (non-hydrogen) atoms. The molecule has 2 heterocycles. The van der Waals surface area contributed by atoms with Gasteiger partial charge in [0.25, 0.3) is 5.56 Å². The quantitative estimate of drug-likeness (QED) is 0.928. The summed E-state index contributed by atoms with van der Waals surface area (Å²) in [7, 11) is 0. The van der Waals surface area contributed by atoms with Crippen molar-refractivity contribution in [3.05, 3.63) is 46.6 Å². The van der Waals surface area contributed by atoms with E-state index >= 15 is 0 Å². The first kappa shape index (κ1) is 13.8. The molecule has 2 aromatic rings. The van der Waals surface area contributed by atoms with Crippen LogP contribution in [0.3, 0.4) is 0 Å². The number of alkyl halides is 3. The van der Waals surface area contributed by atoms with Gasteiger partial charge in [-0.15, -0.1) is 0 Å². The van der Waals surface area contributed by atoms with Gasteiger partial charge in [-0.3, -0.25) is 9.59 Å². The Balaban J connectivity index is 2.16. The molecule has 0 aliphatic carbocycles. The van der Waals surface area contributed by atoms with Crippen molar-refractivity contribution >= 4 is 11.7 Å².